The van der Waals surface area contributed by atoms with E-state index >= 15 is 0 Å². The first-order valence-electron chi connectivity index (χ1n) is 21.8. The van der Waals surface area contributed by atoms with Gasteiger partial charge < -0.3 is 5.32 Å². The lowest BCUT2D eigenvalue weighted by molar-refractivity contribution is 0.248. The summed E-state index contributed by atoms with van der Waals surface area (Å²) in [5, 5.41) is 14.6. The quantitative estimate of drug-likeness (QED) is 0.143. The van der Waals surface area contributed by atoms with Gasteiger partial charge in [0.25, 0.3) is 0 Å². The lowest BCUT2D eigenvalue weighted by Gasteiger charge is -2.39. The largest absolute Gasteiger partial charge is 0.374 e. The molecule has 0 aliphatic carbocycles. The maximum Gasteiger partial charge on any atom is 0.0845 e. The molecule has 2 heterocycles. The van der Waals surface area contributed by atoms with E-state index in [-0.39, 0.29) is 24.3 Å². The average Bonchev–Trinajstić information content (AvgIpc) is 3.37. The van der Waals surface area contributed by atoms with Crippen LogP contribution in [-0.4, -0.2) is 0 Å². The summed E-state index contributed by atoms with van der Waals surface area (Å²) in [4.78, 5) is 0. The van der Waals surface area contributed by atoms with Gasteiger partial charge in [-0.1, -0.05) is 194 Å². The first-order valence-corrected chi connectivity index (χ1v) is 21.8. The third kappa shape index (κ3) is 7.43. The first kappa shape index (κ1) is 37.7. The maximum atomic E-state index is 4.13. The van der Waals surface area contributed by atoms with Gasteiger partial charge in [0.15, 0.2) is 0 Å². The molecule has 1 saturated heterocycles. The topological polar surface area (TPSA) is 36.1 Å². The fourth-order valence-corrected chi connectivity index (χ4v) is 9.67. The molecule has 3 heteroatoms. The van der Waals surface area contributed by atoms with Crippen LogP contribution in [0.2, 0.25) is 0 Å². The van der Waals surface area contributed by atoms with Crippen LogP contribution >= 0.6 is 0 Å². The predicted molar refractivity (Wildman–Crippen MR) is 259 cm³/mol. The molecule has 4 atom stereocenters. The summed E-state index contributed by atoms with van der Waals surface area (Å²) >= 11 is 0. The zero-order chi connectivity index (χ0) is 41.2. The number of hydrogen-bond acceptors (Lipinski definition) is 3. The van der Waals surface area contributed by atoms with Gasteiger partial charge in [-0.3, -0.25) is 10.6 Å². The molecule has 0 saturated carbocycles. The van der Waals surface area contributed by atoms with Gasteiger partial charge in [-0.05, 0) is 120 Å². The highest BCUT2D eigenvalue weighted by molar-refractivity contribution is 6.10. The predicted octanol–water partition coefficient (Wildman–Crippen LogP) is 14.5. The fourth-order valence-electron chi connectivity index (χ4n) is 9.67. The maximum absolute atomic E-state index is 4.13. The van der Waals surface area contributed by atoms with E-state index in [1.54, 1.807) is 0 Å². The van der Waals surface area contributed by atoms with E-state index in [9.17, 15) is 0 Å². The molecule has 0 spiro atoms. The van der Waals surface area contributed by atoms with Crippen molar-refractivity contribution < 1.29 is 0 Å². The number of benzene rings is 9. The Morgan fingerprint density at radius 2 is 0.839 bits per heavy atom. The zero-order valence-electron chi connectivity index (χ0n) is 34.5. The van der Waals surface area contributed by atoms with Crippen molar-refractivity contribution in [3.05, 3.63) is 264 Å². The van der Waals surface area contributed by atoms with Crippen LogP contribution in [0.1, 0.15) is 64.1 Å². The second-order valence-corrected chi connectivity index (χ2v) is 16.6. The molecule has 2 aliphatic rings. The standard InChI is InChI=1S/C59H47N3/c1-6-19-40(20-7-1)47-34-48(41-21-8-2-9-22-41)36-49(35-47)56-39-55(44-27-14-5-15-28-44)61-59(62-56)46-30-18-29-45(33-46)52-37-57-58(51-32-17-16-31-50(51)52)53(42-23-10-3-11-24-42)38-54(60-57)43-25-12-4-13-26-43/h1-38,54-56,59-62H,39H2. The molecule has 9 aromatic carbocycles. The summed E-state index contributed by atoms with van der Waals surface area (Å²) in [7, 11) is 0. The van der Waals surface area contributed by atoms with Gasteiger partial charge in [0.05, 0.1) is 12.2 Å². The van der Waals surface area contributed by atoms with Crippen LogP contribution < -0.4 is 16.0 Å². The molecule has 0 amide bonds. The first-order chi connectivity index (χ1) is 30.7. The highest BCUT2D eigenvalue weighted by Crippen LogP contribution is 2.46. The SMILES string of the molecule is C1=C(c2ccccc2)c2c(cc(-c3cccc(C4NC(c5ccccc5)CC(c5cc(-c6ccccc6)cc(-c6ccccc6)c5)N4)c3)c3ccccc23)NC1c1ccccc1. The molecule has 0 aromatic heterocycles. The number of nitrogens with one attached hydrogen (secondary N) is 3. The van der Waals surface area contributed by atoms with Crippen LogP contribution in [0.25, 0.3) is 49.7 Å². The van der Waals surface area contributed by atoms with Gasteiger partial charge in [-0.2, -0.15) is 0 Å². The van der Waals surface area contributed by atoms with Gasteiger partial charge in [-0.15, -0.1) is 0 Å². The summed E-state index contributed by atoms with van der Waals surface area (Å²) < 4.78 is 0. The summed E-state index contributed by atoms with van der Waals surface area (Å²) in [6.45, 7) is 0. The number of fused-ring (bicyclic) bond motifs is 3. The highest BCUT2D eigenvalue weighted by Gasteiger charge is 2.32. The summed E-state index contributed by atoms with van der Waals surface area (Å²) in [6, 6.07) is 82.0. The minimum Gasteiger partial charge on any atom is -0.374 e. The zero-order valence-corrected chi connectivity index (χ0v) is 34.5. The molecule has 0 radical (unpaired) electrons. The third-order valence-corrected chi connectivity index (χ3v) is 12.7. The van der Waals surface area contributed by atoms with E-state index < -0.39 is 0 Å². The highest BCUT2D eigenvalue weighted by atomic mass is 15.2. The van der Waals surface area contributed by atoms with Crippen LogP contribution in [0.4, 0.5) is 5.69 Å². The minimum absolute atomic E-state index is 0.0320. The van der Waals surface area contributed by atoms with Crippen LogP contribution in [0.5, 0.6) is 0 Å². The van der Waals surface area contributed by atoms with E-state index in [2.05, 4.69) is 246 Å². The fraction of sp³-hybridized carbons (Fsp3) is 0.0847. The summed E-state index contributed by atoms with van der Waals surface area (Å²) in [5.74, 6) is 0. The third-order valence-electron chi connectivity index (χ3n) is 12.7. The molecule has 3 N–H and O–H groups in total. The molecule has 11 rings (SSSR count). The summed E-state index contributed by atoms with van der Waals surface area (Å²) in [5.41, 5.74) is 17.2. The Bertz CT molecular complexity index is 2960. The molecule has 1 fully saturated rings. The van der Waals surface area contributed by atoms with E-state index in [4.69, 9.17) is 0 Å². The molecule has 4 unspecified atom stereocenters. The molecular formula is C59H47N3. The Labute approximate surface area is 364 Å². The van der Waals surface area contributed by atoms with Crippen molar-refractivity contribution in [2.75, 3.05) is 5.32 Å². The van der Waals surface area contributed by atoms with E-state index in [0.29, 0.717) is 0 Å². The van der Waals surface area contributed by atoms with Crippen molar-refractivity contribution >= 4 is 22.0 Å². The van der Waals surface area contributed by atoms with Crippen molar-refractivity contribution in [3.63, 3.8) is 0 Å². The molecule has 62 heavy (non-hydrogen) atoms. The molecule has 3 nitrogen and oxygen atoms in total. The van der Waals surface area contributed by atoms with E-state index in [0.717, 1.165) is 12.1 Å². The Balaban J connectivity index is 1.01. The van der Waals surface area contributed by atoms with Gasteiger partial charge in [0.2, 0.25) is 0 Å². The van der Waals surface area contributed by atoms with Crippen LogP contribution in [-0.2, 0) is 0 Å². The molecule has 9 aromatic rings. The lowest BCUT2D eigenvalue weighted by Crippen LogP contribution is -2.45. The Kier molecular flexibility index (Phi) is 10.1. The van der Waals surface area contributed by atoms with Crippen LogP contribution in [0, 0.1) is 0 Å². The molecular weight excluding hydrogens is 751 g/mol. The summed E-state index contributed by atoms with van der Waals surface area (Å²) in [6.07, 6.45) is 3.21. The molecule has 298 valence electrons. The van der Waals surface area contributed by atoms with E-state index in [1.807, 2.05) is 0 Å². The number of anilines is 1. The minimum atomic E-state index is -0.100. The van der Waals surface area contributed by atoms with Crippen molar-refractivity contribution in [2.24, 2.45) is 0 Å². The smallest absolute Gasteiger partial charge is 0.0845 e. The van der Waals surface area contributed by atoms with Crippen molar-refractivity contribution in [2.45, 2.75) is 30.7 Å². The number of rotatable bonds is 8. The Morgan fingerprint density at radius 1 is 0.355 bits per heavy atom. The van der Waals surface area contributed by atoms with E-state index in [1.165, 1.54) is 83.1 Å². The Morgan fingerprint density at radius 3 is 1.47 bits per heavy atom. The lowest BCUT2D eigenvalue weighted by atomic mass is 9.83. The van der Waals surface area contributed by atoms with Gasteiger partial charge in [0.1, 0.15) is 0 Å². The second kappa shape index (κ2) is 16.6. The van der Waals surface area contributed by atoms with Crippen LogP contribution in [0.3, 0.4) is 0 Å². The van der Waals surface area contributed by atoms with Gasteiger partial charge in [0, 0.05) is 23.3 Å². The Hall–Kier alpha value is -7.30. The monoisotopic (exact) mass is 797 g/mol. The number of hydrogen-bond donors (Lipinski definition) is 3. The van der Waals surface area contributed by atoms with Crippen molar-refractivity contribution in [1.29, 1.82) is 0 Å². The van der Waals surface area contributed by atoms with Crippen molar-refractivity contribution in [1.82, 2.24) is 10.6 Å². The normalized spacial score (nSPS) is 18.4. The second-order valence-electron chi connectivity index (χ2n) is 16.6. The van der Waals surface area contributed by atoms with Crippen molar-refractivity contribution in [3.8, 4) is 33.4 Å². The van der Waals surface area contributed by atoms with Crippen LogP contribution in [0.15, 0.2) is 231 Å². The molecule has 2 aliphatic heterocycles. The van der Waals surface area contributed by atoms with Gasteiger partial charge >= 0.3 is 0 Å². The molecule has 0 bridgehead atoms. The van der Waals surface area contributed by atoms with Gasteiger partial charge in [-0.25, -0.2) is 0 Å². The average molecular weight is 798 g/mol.